The summed E-state index contributed by atoms with van der Waals surface area (Å²) in [6, 6.07) is 7.88. The summed E-state index contributed by atoms with van der Waals surface area (Å²) in [6.45, 7) is 3.30. The highest BCUT2D eigenvalue weighted by Crippen LogP contribution is 2.20. The van der Waals surface area contributed by atoms with Gasteiger partial charge >= 0.3 is 0 Å². The Morgan fingerprint density at radius 2 is 1.88 bits per heavy atom. The molecule has 0 aliphatic carbocycles. The van der Waals surface area contributed by atoms with Crippen LogP contribution in [0.3, 0.4) is 0 Å². The van der Waals surface area contributed by atoms with Crippen LogP contribution in [0.4, 0.5) is 10.2 Å². The van der Waals surface area contributed by atoms with E-state index >= 15 is 0 Å². The number of H-pyrrole nitrogens is 1. The highest BCUT2D eigenvalue weighted by Gasteiger charge is 2.11. The van der Waals surface area contributed by atoms with Gasteiger partial charge < -0.3 is 10.2 Å². The summed E-state index contributed by atoms with van der Waals surface area (Å²) in [5.41, 5.74) is 1.49. The van der Waals surface area contributed by atoms with Gasteiger partial charge in [0, 0.05) is 18.1 Å². The van der Waals surface area contributed by atoms with Gasteiger partial charge in [-0.1, -0.05) is 12.8 Å². The van der Waals surface area contributed by atoms with Crippen molar-refractivity contribution >= 4 is 11.7 Å². The van der Waals surface area contributed by atoms with Crippen LogP contribution in [0.25, 0.3) is 11.3 Å². The van der Waals surface area contributed by atoms with E-state index in [1.54, 1.807) is 18.2 Å². The molecule has 0 atom stereocenters. The summed E-state index contributed by atoms with van der Waals surface area (Å²) in [6.07, 6.45) is 6.56. The molecule has 1 aromatic heterocycles. The van der Waals surface area contributed by atoms with E-state index in [0.29, 0.717) is 17.9 Å². The first-order valence-electron chi connectivity index (χ1n) is 9.04. The van der Waals surface area contributed by atoms with Crippen molar-refractivity contribution in [2.75, 3.05) is 25.0 Å². The number of carbonyl (C=O) groups excluding carboxylic acids is 1. The molecule has 2 heterocycles. The smallest absolute Gasteiger partial charge is 0.225 e. The van der Waals surface area contributed by atoms with Crippen molar-refractivity contribution in [2.24, 2.45) is 0 Å². The number of hydrogen-bond donors (Lipinski definition) is 2. The first-order valence-corrected chi connectivity index (χ1v) is 9.04. The van der Waals surface area contributed by atoms with E-state index in [4.69, 9.17) is 0 Å². The van der Waals surface area contributed by atoms with Crippen LogP contribution in [0.2, 0.25) is 0 Å². The largest absolute Gasteiger partial charge is 0.311 e. The van der Waals surface area contributed by atoms with Gasteiger partial charge in [0.1, 0.15) is 11.6 Å². The molecule has 0 unspecified atom stereocenters. The molecular formula is C19H25FN4O. The Kier molecular flexibility index (Phi) is 6.17. The maximum absolute atomic E-state index is 13.0. The van der Waals surface area contributed by atoms with Crippen LogP contribution in [0, 0.1) is 5.82 Å². The molecule has 1 amide bonds. The fraction of sp³-hybridized carbons (Fsp3) is 0.474. The van der Waals surface area contributed by atoms with E-state index in [0.717, 1.165) is 31.6 Å². The molecule has 134 valence electrons. The predicted octanol–water partition coefficient (Wildman–Crippen LogP) is 3.81. The van der Waals surface area contributed by atoms with Gasteiger partial charge in [0.25, 0.3) is 0 Å². The minimum absolute atomic E-state index is 0.0101. The second-order valence-electron chi connectivity index (χ2n) is 6.58. The lowest BCUT2D eigenvalue weighted by atomic mass is 10.1. The Balaban J connectivity index is 1.44. The van der Waals surface area contributed by atoms with Crippen molar-refractivity contribution in [1.82, 2.24) is 15.1 Å². The standard InChI is InChI=1S/C19H25FN4O/c20-16-9-7-15(8-10-16)17-14-18(23-22-17)21-19(25)6-5-13-24-11-3-1-2-4-12-24/h7-10,14H,1-6,11-13H2,(H2,21,22,23,25). The van der Waals surface area contributed by atoms with Gasteiger partial charge in [0.05, 0.1) is 5.69 Å². The van der Waals surface area contributed by atoms with Crippen LogP contribution in [0.1, 0.15) is 38.5 Å². The molecule has 0 radical (unpaired) electrons. The second-order valence-corrected chi connectivity index (χ2v) is 6.58. The number of aromatic amines is 1. The highest BCUT2D eigenvalue weighted by atomic mass is 19.1. The normalized spacial score (nSPS) is 15.7. The predicted molar refractivity (Wildman–Crippen MR) is 96.8 cm³/mol. The molecule has 1 fully saturated rings. The monoisotopic (exact) mass is 344 g/mol. The third-order valence-corrected chi connectivity index (χ3v) is 4.57. The lowest BCUT2D eigenvalue weighted by molar-refractivity contribution is -0.116. The third-order valence-electron chi connectivity index (χ3n) is 4.57. The van der Waals surface area contributed by atoms with Gasteiger partial charge in [-0.05, 0) is 63.2 Å². The summed E-state index contributed by atoms with van der Waals surface area (Å²) in [4.78, 5) is 14.5. The van der Waals surface area contributed by atoms with E-state index in [1.807, 2.05) is 0 Å². The van der Waals surface area contributed by atoms with Crippen LogP contribution in [0.5, 0.6) is 0 Å². The van der Waals surface area contributed by atoms with Crippen LogP contribution < -0.4 is 5.32 Å². The number of halogens is 1. The van der Waals surface area contributed by atoms with E-state index in [1.165, 1.54) is 37.8 Å². The van der Waals surface area contributed by atoms with E-state index in [9.17, 15) is 9.18 Å². The maximum atomic E-state index is 13.0. The van der Waals surface area contributed by atoms with Crippen molar-refractivity contribution in [2.45, 2.75) is 38.5 Å². The van der Waals surface area contributed by atoms with Gasteiger partial charge in [-0.3, -0.25) is 9.89 Å². The molecule has 2 aromatic rings. The zero-order valence-electron chi connectivity index (χ0n) is 14.4. The zero-order valence-corrected chi connectivity index (χ0v) is 14.4. The zero-order chi connectivity index (χ0) is 17.5. The minimum Gasteiger partial charge on any atom is -0.311 e. The topological polar surface area (TPSA) is 61.0 Å². The lowest BCUT2D eigenvalue weighted by Gasteiger charge is -2.19. The fourth-order valence-corrected chi connectivity index (χ4v) is 3.19. The Labute approximate surface area is 147 Å². The molecule has 2 N–H and O–H groups in total. The number of rotatable bonds is 6. The number of nitrogens with zero attached hydrogens (tertiary/aromatic N) is 2. The van der Waals surface area contributed by atoms with E-state index in [-0.39, 0.29) is 11.7 Å². The van der Waals surface area contributed by atoms with Crippen molar-refractivity contribution in [1.29, 1.82) is 0 Å². The number of anilines is 1. The summed E-state index contributed by atoms with van der Waals surface area (Å²) < 4.78 is 13.0. The molecule has 1 aliphatic rings. The minimum atomic E-state index is -0.280. The third kappa shape index (κ3) is 5.39. The van der Waals surface area contributed by atoms with Gasteiger partial charge in [-0.2, -0.15) is 5.10 Å². The molecule has 5 nitrogen and oxygen atoms in total. The van der Waals surface area contributed by atoms with Gasteiger partial charge in [0.15, 0.2) is 0 Å². The quantitative estimate of drug-likeness (QED) is 0.838. The molecule has 0 bridgehead atoms. The van der Waals surface area contributed by atoms with Gasteiger partial charge in [0.2, 0.25) is 5.91 Å². The molecule has 1 saturated heterocycles. The van der Waals surface area contributed by atoms with Crippen LogP contribution >= 0.6 is 0 Å². The van der Waals surface area contributed by atoms with Crippen LogP contribution in [-0.2, 0) is 4.79 Å². The SMILES string of the molecule is O=C(CCCN1CCCCCC1)Nc1cc(-c2ccc(F)cc2)n[nH]1. The summed E-state index contributed by atoms with van der Waals surface area (Å²) in [5, 5.41) is 9.82. The Hall–Kier alpha value is -2.21. The summed E-state index contributed by atoms with van der Waals surface area (Å²) in [7, 11) is 0. The summed E-state index contributed by atoms with van der Waals surface area (Å²) >= 11 is 0. The lowest BCUT2D eigenvalue weighted by Crippen LogP contribution is -2.26. The van der Waals surface area contributed by atoms with Crippen LogP contribution in [-0.4, -0.2) is 40.6 Å². The Morgan fingerprint density at radius 3 is 2.60 bits per heavy atom. The molecule has 0 saturated carbocycles. The molecule has 0 spiro atoms. The first-order chi connectivity index (χ1) is 12.2. The molecule has 1 aliphatic heterocycles. The number of hydrogen-bond acceptors (Lipinski definition) is 3. The number of likely N-dealkylation sites (tertiary alicyclic amines) is 1. The van der Waals surface area contributed by atoms with E-state index < -0.39 is 0 Å². The molecule has 25 heavy (non-hydrogen) atoms. The van der Waals surface area contributed by atoms with Crippen molar-refractivity contribution in [3.05, 3.63) is 36.1 Å². The first kappa shape index (κ1) is 17.6. The fourth-order valence-electron chi connectivity index (χ4n) is 3.19. The Bertz CT molecular complexity index is 675. The highest BCUT2D eigenvalue weighted by molar-refractivity contribution is 5.90. The number of benzene rings is 1. The number of aromatic nitrogens is 2. The number of nitrogens with one attached hydrogen (secondary N) is 2. The number of amides is 1. The van der Waals surface area contributed by atoms with Crippen LogP contribution in [0.15, 0.2) is 30.3 Å². The number of carbonyl (C=O) groups is 1. The van der Waals surface area contributed by atoms with E-state index in [2.05, 4.69) is 20.4 Å². The molecule has 3 rings (SSSR count). The van der Waals surface area contributed by atoms with Gasteiger partial charge in [-0.25, -0.2) is 4.39 Å². The van der Waals surface area contributed by atoms with Gasteiger partial charge in [-0.15, -0.1) is 0 Å². The Morgan fingerprint density at radius 1 is 1.16 bits per heavy atom. The molecule has 1 aromatic carbocycles. The van der Waals surface area contributed by atoms with Crippen molar-refractivity contribution < 1.29 is 9.18 Å². The average molecular weight is 344 g/mol. The molecule has 6 heteroatoms. The second kappa shape index (κ2) is 8.76. The van der Waals surface area contributed by atoms with Crippen molar-refractivity contribution in [3.63, 3.8) is 0 Å². The average Bonchev–Trinajstić information content (AvgIpc) is 2.90. The maximum Gasteiger partial charge on any atom is 0.225 e. The summed E-state index contributed by atoms with van der Waals surface area (Å²) in [5.74, 6) is 0.278. The van der Waals surface area contributed by atoms with Crippen molar-refractivity contribution in [3.8, 4) is 11.3 Å². The molecular weight excluding hydrogens is 319 g/mol.